The first-order valence-corrected chi connectivity index (χ1v) is 11.5. The summed E-state index contributed by atoms with van der Waals surface area (Å²) in [6.45, 7) is 17.0. The fourth-order valence-corrected chi connectivity index (χ4v) is 3.83. The van der Waals surface area contributed by atoms with Gasteiger partial charge in [0.25, 0.3) is 0 Å². The van der Waals surface area contributed by atoms with E-state index in [1.165, 1.54) is 0 Å². The minimum Gasteiger partial charge on any atom is -0.379 e. The lowest BCUT2D eigenvalue weighted by Crippen LogP contribution is -2.56. The summed E-state index contributed by atoms with van der Waals surface area (Å²) in [6.07, 6.45) is 1.07. The zero-order valence-electron chi connectivity index (χ0n) is 20.1. The fraction of sp³-hybridized carbons (Fsp3) is 0.857. The molecule has 2 aliphatic heterocycles. The number of guanidine groups is 1. The maximum atomic E-state index is 5.51. The minimum atomic E-state index is 0. The second-order valence-corrected chi connectivity index (χ2v) is 8.89. The van der Waals surface area contributed by atoms with E-state index in [0.717, 1.165) is 96.3 Å². The predicted molar refractivity (Wildman–Crippen MR) is 137 cm³/mol. The van der Waals surface area contributed by atoms with Gasteiger partial charge >= 0.3 is 0 Å². The summed E-state index contributed by atoms with van der Waals surface area (Å²) in [6, 6.07) is 0. The second-order valence-electron chi connectivity index (χ2n) is 8.89. The van der Waals surface area contributed by atoms with Crippen molar-refractivity contribution in [3.05, 3.63) is 11.6 Å². The maximum Gasteiger partial charge on any atom is 0.191 e. The van der Waals surface area contributed by atoms with Gasteiger partial charge in [0.05, 0.1) is 26.4 Å². The van der Waals surface area contributed by atoms with Gasteiger partial charge in [-0.1, -0.05) is 0 Å². The van der Waals surface area contributed by atoms with E-state index in [1.54, 1.807) is 0 Å². The molecule has 0 radical (unpaired) electrons. The number of rotatable bonds is 9. The number of hydrogen-bond donors (Lipinski definition) is 2. The third kappa shape index (κ3) is 8.40. The molecule has 11 heteroatoms. The van der Waals surface area contributed by atoms with Gasteiger partial charge in [0.1, 0.15) is 12.4 Å². The smallest absolute Gasteiger partial charge is 0.191 e. The van der Waals surface area contributed by atoms with E-state index in [4.69, 9.17) is 14.5 Å². The molecule has 2 saturated heterocycles. The first-order chi connectivity index (χ1) is 15.0. The van der Waals surface area contributed by atoms with Crippen LogP contribution in [-0.4, -0.2) is 108 Å². The van der Waals surface area contributed by atoms with Gasteiger partial charge in [-0.2, -0.15) is 0 Å². The monoisotopic (exact) mass is 564 g/mol. The van der Waals surface area contributed by atoms with E-state index in [9.17, 15) is 0 Å². The third-order valence-electron chi connectivity index (χ3n) is 6.16. The van der Waals surface area contributed by atoms with Gasteiger partial charge in [-0.25, -0.2) is 4.99 Å². The summed E-state index contributed by atoms with van der Waals surface area (Å²) in [5, 5.41) is 15.4. The van der Waals surface area contributed by atoms with Gasteiger partial charge in [-0.15, -0.1) is 34.2 Å². The number of aliphatic imine (C=N–C) groups is 1. The van der Waals surface area contributed by atoms with E-state index in [0.29, 0.717) is 6.54 Å². The van der Waals surface area contributed by atoms with Crippen molar-refractivity contribution in [2.75, 3.05) is 72.2 Å². The molecule has 0 saturated carbocycles. The van der Waals surface area contributed by atoms with Crippen LogP contribution in [0.4, 0.5) is 0 Å². The van der Waals surface area contributed by atoms with Crippen molar-refractivity contribution in [2.45, 2.75) is 39.3 Å². The Morgan fingerprint density at radius 2 is 1.69 bits per heavy atom. The largest absolute Gasteiger partial charge is 0.379 e. The lowest BCUT2D eigenvalue weighted by Gasteiger charge is -2.41. The summed E-state index contributed by atoms with van der Waals surface area (Å²) in [5.74, 6) is 2.58. The van der Waals surface area contributed by atoms with Crippen LogP contribution in [0.3, 0.4) is 0 Å². The van der Waals surface area contributed by atoms with Crippen molar-refractivity contribution in [3.8, 4) is 0 Å². The van der Waals surface area contributed by atoms with E-state index in [1.807, 2.05) is 18.5 Å². The highest BCUT2D eigenvalue weighted by Crippen LogP contribution is 2.15. The van der Waals surface area contributed by atoms with Gasteiger partial charge in [0, 0.05) is 51.9 Å². The fourth-order valence-electron chi connectivity index (χ4n) is 3.83. The van der Waals surface area contributed by atoms with Crippen molar-refractivity contribution < 1.29 is 9.47 Å². The molecular weight excluding hydrogens is 523 g/mol. The molecule has 1 aromatic rings. The summed E-state index contributed by atoms with van der Waals surface area (Å²) < 4.78 is 12.9. The maximum absolute atomic E-state index is 5.51. The van der Waals surface area contributed by atoms with Gasteiger partial charge in [0.15, 0.2) is 11.8 Å². The van der Waals surface area contributed by atoms with Gasteiger partial charge in [-0.05, 0) is 33.7 Å². The molecule has 2 fully saturated rings. The van der Waals surface area contributed by atoms with E-state index in [-0.39, 0.29) is 29.5 Å². The Hall–Kier alpha value is -1.02. The molecular formula is C21H41IN8O2. The van der Waals surface area contributed by atoms with Crippen LogP contribution < -0.4 is 10.6 Å². The van der Waals surface area contributed by atoms with Crippen LogP contribution in [0, 0.1) is 6.92 Å². The number of morpholine rings is 2. The van der Waals surface area contributed by atoms with Crippen molar-refractivity contribution in [2.24, 2.45) is 12.0 Å². The molecule has 0 bridgehead atoms. The number of hydrogen-bond acceptors (Lipinski definition) is 7. The number of aromatic nitrogens is 3. The zero-order chi connectivity index (χ0) is 22.1. The molecule has 2 N–H and O–H groups in total. The first-order valence-electron chi connectivity index (χ1n) is 11.5. The van der Waals surface area contributed by atoms with E-state index < -0.39 is 0 Å². The lowest BCUT2D eigenvalue weighted by atomic mass is 10.0. The molecule has 0 atom stereocenters. The molecule has 0 aliphatic carbocycles. The Kier molecular flexibility index (Phi) is 11.6. The molecule has 0 amide bonds. The molecule has 2 aliphatic rings. The summed E-state index contributed by atoms with van der Waals surface area (Å²) in [7, 11) is 1.98. The summed E-state index contributed by atoms with van der Waals surface area (Å²) >= 11 is 0. The van der Waals surface area contributed by atoms with Crippen molar-refractivity contribution in [1.82, 2.24) is 35.2 Å². The number of nitrogens with one attached hydrogen (secondary N) is 2. The zero-order valence-corrected chi connectivity index (χ0v) is 22.4. The van der Waals surface area contributed by atoms with Crippen molar-refractivity contribution in [1.29, 1.82) is 0 Å². The standard InChI is InChI=1S/C21H40N8O2.HI/c1-18-25-26-19(27(18)4)16-23-20(22-6-5-7-28-8-12-30-13-9-28)24-17-21(2,3)29-10-14-31-15-11-29;/h5-17H2,1-4H3,(H2,22,23,24);1H. The summed E-state index contributed by atoms with van der Waals surface area (Å²) in [4.78, 5) is 9.73. The minimum absolute atomic E-state index is 0. The highest BCUT2D eigenvalue weighted by molar-refractivity contribution is 14.0. The van der Waals surface area contributed by atoms with Crippen molar-refractivity contribution in [3.63, 3.8) is 0 Å². The molecule has 10 nitrogen and oxygen atoms in total. The number of aryl methyl sites for hydroxylation is 1. The highest BCUT2D eigenvalue weighted by Gasteiger charge is 2.28. The third-order valence-corrected chi connectivity index (χ3v) is 6.16. The Morgan fingerprint density at radius 1 is 1.03 bits per heavy atom. The molecule has 0 spiro atoms. The van der Waals surface area contributed by atoms with Gasteiger partial charge in [0.2, 0.25) is 0 Å². The molecule has 1 aromatic heterocycles. The van der Waals surface area contributed by atoms with Crippen LogP contribution in [0.5, 0.6) is 0 Å². The van der Waals surface area contributed by atoms with Crippen LogP contribution >= 0.6 is 24.0 Å². The van der Waals surface area contributed by atoms with E-state index in [2.05, 4.69) is 44.5 Å². The number of nitrogens with zero attached hydrogens (tertiary/aromatic N) is 6. The molecule has 0 aromatic carbocycles. The normalized spacial score (nSPS) is 18.9. The van der Waals surface area contributed by atoms with Crippen LogP contribution in [0.25, 0.3) is 0 Å². The van der Waals surface area contributed by atoms with Crippen LogP contribution in [0.1, 0.15) is 31.9 Å². The number of halogens is 1. The highest BCUT2D eigenvalue weighted by atomic mass is 127. The van der Waals surface area contributed by atoms with Gasteiger partial charge < -0.3 is 24.7 Å². The molecule has 3 rings (SSSR count). The van der Waals surface area contributed by atoms with Crippen LogP contribution in [0.15, 0.2) is 4.99 Å². The molecule has 3 heterocycles. The van der Waals surface area contributed by atoms with Crippen LogP contribution in [-0.2, 0) is 23.1 Å². The average Bonchev–Trinajstić information content (AvgIpc) is 3.11. The first kappa shape index (κ1) is 27.2. The van der Waals surface area contributed by atoms with Gasteiger partial charge in [-0.3, -0.25) is 9.80 Å². The molecule has 0 unspecified atom stereocenters. The molecule has 184 valence electrons. The SMILES string of the molecule is Cc1nnc(CN=C(NCCCN2CCOCC2)NCC(C)(C)N2CCOCC2)n1C.I. The number of ether oxygens (including phenoxy) is 2. The average molecular weight is 565 g/mol. The summed E-state index contributed by atoms with van der Waals surface area (Å²) in [5.41, 5.74) is 0.0153. The van der Waals surface area contributed by atoms with Crippen molar-refractivity contribution >= 4 is 29.9 Å². The topological polar surface area (TPSA) is 92.1 Å². The lowest BCUT2D eigenvalue weighted by molar-refractivity contribution is -0.00834. The Labute approximate surface area is 209 Å². The quantitative estimate of drug-likeness (QED) is 0.195. The molecule has 32 heavy (non-hydrogen) atoms. The second kappa shape index (κ2) is 13.6. The predicted octanol–water partition coefficient (Wildman–Crippen LogP) is 0.610. The Bertz CT molecular complexity index is 700. The van der Waals surface area contributed by atoms with Crippen LogP contribution in [0.2, 0.25) is 0 Å². The Balaban J connectivity index is 0.00000363. The Morgan fingerprint density at radius 3 is 2.31 bits per heavy atom. The van der Waals surface area contributed by atoms with E-state index >= 15 is 0 Å².